The molecule has 1 amide bonds. The van der Waals surface area contributed by atoms with Gasteiger partial charge in [-0.05, 0) is 19.1 Å². The normalized spacial score (nSPS) is 19.9. The summed E-state index contributed by atoms with van der Waals surface area (Å²) in [6, 6.07) is 0. The summed E-state index contributed by atoms with van der Waals surface area (Å²) in [5, 5.41) is 3.00. The fourth-order valence-electron chi connectivity index (χ4n) is 2.13. The molecule has 0 aromatic heterocycles. The molecule has 0 bridgehead atoms. The van der Waals surface area contributed by atoms with Gasteiger partial charge >= 0.3 is 0 Å². The molecule has 0 aromatic rings. The van der Waals surface area contributed by atoms with Crippen LogP contribution in [-0.2, 0) is 4.79 Å². The van der Waals surface area contributed by atoms with Crippen LogP contribution in [0.5, 0.6) is 0 Å². The second-order valence-electron chi connectivity index (χ2n) is 4.40. The number of carbonyl (C=O) groups is 1. The Bertz CT molecular complexity index is 205. The average molecular weight is 250 g/mol. The van der Waals surface area contributed by atoms with E-state index in [9.17, 15) is 4.79 Å². The van der Waals surface area contributed by atoms with E-state index < -0.39 is 0 Å². The average Bonchev–Trinajstić information content (AvgIpc) is 2.28. The third-order valence-corrected chi connectivity index (χ3v) is 4.25. The maximum atomic E-state index is 11.4. The standard InChI is InChI=1S/C11H20ClNOS/c1-15-7-10(14)13-9-11(8-12)5-3-2-4-6-11/h2-9H2,1H3,(H,13,14). The van der Waals surface area contributed by atoms with E-state index in [2.05, 4.69) is 5.32 Å². The maximum absolute atomic E-state index is 11.4. The van der Waals surface area contributed by atoms with Gasteiger partial charge in [0.25, 0.3) is 0 Å². The van der Waals surface area contributed by atoms with Crippen LogP contribution in [0.1, 0.15) is 32.1 Å². The minimum atomic E-state index is 0.137. The predicted molar refractivity (Wildman–Crippen MR) is 67.6 cm³/mol. The zero-order chi connectivity index (χ0) is 11.1. The van der Waals surface area contributed by atoms with Crippen LogP contribution in [0.25, 0.3) is 0 Å². The molecule has 1 aliphatic carbocycles. The van der Waals surface area contributed by atoms with Gasteiger partial charge in [0.05, 0.1) is 5.75 Å². The molecule has 4 heteroatoms. The van der Waals surface area contributed by atoms with E-state index in [0.29, 0.717) is 11.6 Å². The van der Waals surface area contributed by atoms with Gasteiger partial charge in [0, 0.05) is 17.8 Å². The van der Waals surface area contributed by atoms with Crippen molar-refractivity contribution in [1.29, 1.82) is 0 Å². The summed E-state index contributed by atoms with van der Waals surface area (Å²) in [4.78, 5) is 11.4. The van der Waals surface area contributed by atoms with Crippen LogP contribution in [0.3, 0.4) is 0 Å². The summed E-state index contributed by atoms with van der Waals surface area (Å²) in [7, 11) is 0. The number of amides is 1. The number of thioether (sulfide) groups is 1. The van der Waals surface area contributed by atoms with Gasteiger partial charge in [0.15, 0.2) is 0 Å². The highest BCUT2D eigenvalue weighted by Crippen LogP contribution is 2.36. The SMILES string of the molecule is CSCC(=O)NCC1(CCl)CCCCC1. The molecular formula is C11H20ClNOS. The molecule has 0 aromatic carbocycles. The quantitative estimate of drug-likeness (QED) is 0.759. The highest BCUT2D eigenvalue weighted by atomic mass is 35.5. The zero-order valence-corrected chi connectivity index (χ0v) is 10.9. The van der Waals surface area contributed by atoms with Crippen LogP contribution >= 0.6 is 23.4 Å². The van der Waals surface area contributed by atoms with Gasteiger partial charge in [-0.2, -0.15) is 11.8 Å². The van der Waals surface area contributed by atoms with Crippen molar-refractivity contribution in [2.45, 2.75) is 32.1 Å². The zero-order valence-electron chi connectivity index (χ0n) is 9.35. The molecule has 1 fully saturated rings. The van der Waals surface area contributed by atoms with Crippen molar-refractivity contribution in [2.75, 3.05) is 24.4 Å². The number of rotatable bonds is 5. The van der Waals surface area contributed by atoms with E-state index in [0.717, 1.165) is 19.4 Å². The topological polar surface area (TPSA) is 29.1 Å². The fourth-order valence-corrected chi connectivity index (χ4v) is 2.85. The Hall–Kier alpha value is 0.110. The Labute approximate surface area is 102 Å². The lowest BCUT2D eigenvalue weighted by Crippen LogP contribution is -2.40. The van der Waals surface area contributed by atoms with E-state index in [-0.39, 0.29) is 11.3 Å². The molecule has 0 aliphatic heterocycles. The minimum absolute atomic E-state index is 0.137. The van der Waals surface area contributed by atoms with E-state index in [1.165, 1.54) is 19.3 Å². The summed E-state index contributed by atoms with van der Waals surface area (Å²) < 4.78 is 0. The molecule has 0 heterocycles. The van der Waals surface area contributed by atoms with Gasteiger partial charge < -0.3 is 5.32 Å². The van der Waals surface area contributed by atoms with E-state index in [1.807, 2.05) is 6.26 Å². The smallest absolute Gasteiger partial charge is 0.230 e. The Morgan fingerprint density at radius 2 is 2.07 bits per heavy atom. The van der Waals surface area contributed by atoms with Crippen LogP contribution in [0.2, 0.25) is 0 Å². The van der Waals surface area contributed by atoms with Crippen molar-refractivity contribution in [1.82, 2.24) is 5.32 Å². The molecular weight excluding hydrogens is 230 g/mol. The van der Waals surface area contributed by atoms with Crippen molar-refractivity contribution >= 4 is 29.3 Å². The molecule has 2 nitrogen and oxygen atoms in total. The van der Waals surface area contributed by atoms with Gasteiger partial charge in [-0.1, -0.05) is 19.3 Å². The summed E-state index contributed by atoms with van der Waals surface area (Å²) in [5.74, 6) is 1.36. The van der Waals surface area contributed by atoms with E-state index >= 15 is 0 Å². The number of nitrogens with one attached hydrogen (secondary N) is 1. The van der Waals surface area contributed by atoms with E-state index in [4.69, 9.17) is 11.6 Å². The summed E-state index contributed by atoms with van der Waals surface area (Å²) in [6.07, 6.45) is 8.09. The second kappa shape index (κ2) is 6.64. The minimum Gasteiger partial charge on any atom is -0.355 e. The first-order chi connectivity index (χ1) is 7.22. The van der Waals surface area contributed by atoms with Gasteiger partial charge in [0.2, 0.25) is 5.91 Å². The molecule has 0 atom stereocenters. The molecule has 0 radical (unpaired) electrons. The van der Waals surface area contributed by atoms with Gasteiger partial charge in [-0.3, -0.25) is 4.79 Å². The summed E-state index contributed by atoms with van der Waals surface area (Å²) in [5.41, 5.74) is 0.174. The highest BCUT2D eigenvalue weighted by molar-refractivity contribution is 7.99. The monoisotopic (exact) mass is 249 g/mol. The predicted octanol–water partition coefficient (Wildman–Crippen LogP) is 2.65. The summed E-state index contributed by atoms with van der Waals surface area (Å²) >= 11 is 7.60. The van der Waals surface area contributed by atoms with Crippen molar-refractivity contribution in [3.05, 3.63) is 0 Å². The Balaban J connectivity index is 2.35. The Morgan fingerprint density at radius 1 is 1.40 bits per heavy atom. The molecule has 0 unspecified atom stereocenters. The molecule has 1 saturated carbocycles. The van der Waals surface area contributed by atoms with Crippen LogP contribution in [0.15, 0.2) is 0 Å². The molecule has 88 valence electrons. The molecule has 0 saturated heterocycles. The first-order valence-electron chi connectivity index (χ1n) is 5.54. The van der Waals surface area contributed by atoms with Crippen molar-refractivity contribution < 1.29 is 4.79 Å². The lowest BCUT2D eigenvalue weighted by atomic mass is 9.75. The van der Waals surface area contributed by atoms with Crippen LogP contribution in [0.4, 0.5) is 0 Å². The fraction of sp³-hybridized carbons (Fsp3) is 0.909. The van der Waals surface area contributed by atoms with Gasteiger partial charge in [-0.25, -0.2) is 0 Å². The first-order valence-corrected chi connectivity index (χ1v) is 7.47. The Kier molecular flexibility index (Phi) is 5.83. The van der Waals surface area contributed by atoms with Gasteiger partial charge in [0.1, 0.15) is 0 Å². The number of halogens is 1. The maximum Gasteiger partial charge on any atom is 0.230 e. The van der Waals surface area contributed by atoms with Crippen LogP contribution in [-0.4, -0.2) is 30.3 Å². The number of hydrogen-bond acceptors (Lipinski definition) is 2. The van der Waals surface area contributed by atoms with E-state index in [1.54, 1.807) is 11.8 Å². The number of alkyl halides is 1. The third-order valence-electron chi connectivity index (χ3n) is 3.13. The lowest BCUT2D eigenvalue weighted by Gasteiger charge is -2.35. The van der Waals surface area contributed by atoms with Crippen LogP contribution < -0.4 is 5.32 Å². The molecule has 1 N–H and O–H groups in total. The largest absolute Gasteiger partial charge is 0.355 e. The van der Waals surface area contributed by atoms with Crippen molar-refractivity contribution in [3.8, 4) is 0 Å². The number of hydrogen-bond donors (Lipinski definition) is 1. The van der Waals surface area contributed by atoms with Crippen molar-refractivity contribution in [2.24, 2.45) is 5.41 Å². The lowest BCUT2D eigenvalue weighted by molar-refractivity contribution is -0.119. The molecule has 1 rings (SSSR count). The van der Waals surface area contributed by atoms with Gasteiger partial charge in [-0.15, -0.1) is 11.6 Å². The molecule has 0 spiro atoms. The molecule has 1 aliphatic rings. The highest BCUT2D eigenvalue weighted by Gasteiger charge is 2.31. The third kappa shape index (κ3) is 4.23. The first kappa shape index (κ1) is 13.2. The molecule has 15 heavy (non-hydrogen) atoms. The van der Waals surface area contributed by atoms with Crippen molar-refractivity contribution in [3.63, 3.8) is 0 Å². The second-order valence-corrected chi connectivity index (χ2v) is 5.54. The summed E-state index contributed by atoms with van der Waals surface area (Å²) in [6.45, 7) is 0.760. The Morgan fingerprint density at radius 3 is 2.60 bits per heavy atom. The number of carbonyl (C=O) groups excluding carboxylic acids is 1. The van der Waals surface area contributed by atoms with Crippen LogP contribution in [0, 0.1) is 5.41 Å².